The number of fused-ring (bicyclic) bond motifs is 1. The van der Waals surface area contributed by atoms with E-state index in [1.165, 1.54) is 7.11 Å². The summed E-state index contributed by atoms with van der Waals surface area (Å²) in [4.78, 5) is 36.6. The van der Waals surface area contributed by atoms with E-state index in [9.17, 15) is 9.59 Å². The van der Waals surface area contributed by atoms with Gasteiger partial charge in [0.2, 0.25) is 0 Å². The molecule has 1 aromatic carbocycles. The third-order valence-corrected chi connectivity index (χ3v) is 4.21. The van der Waals surface area contributed by atoms with Crippen LogP contribution in [0.25, 0.3) is 22.4 Å². The minimum atomic E-state index is -0.698. The molecule has 27 heavy (non-hydrogen) atoms. The van der Waals surface area contributed by atoms with E-state index in [4.69, 9.17) is 4.74 Å². The molecule has 1 amide bonds. The number of nitrogens with one attached hydrogen (secondary N) is 2. The van der Waals surface area contributed by atoms with Crippen molar-refractivity contribution in [3.8, 4) is 11.4 Å². The van der Waals surface area contributed by atoms with Crippen molar-refractivity contribution in [1.82, 2.24) is 20.3 Å². The highest BCUT2D eigenvalue weighted by Crippen LogP contribution is 2.22. The largest absolute Gasteiger partial charge is 0.467 e. The number of esters is 1. The topological polar surface area (TPSA) is 97.0 Å². The van der Waals surface area contributed by atoms with E-state index in [-0.39, 0.29) is 11.8 Å². The van der Waals surface area contributed by atoms with Crippen molar-refractivity contribution in [3.63, 3.8) is 0 Å². The molecule has 1 unspecified atom stereocenters. The van der Waals surface area contributed by atoms with E-state index >= 15 is 0 Å². The van der Waals surface area contributed by atoms with Crippen LogP contribution in [0.2, 0.25) is 0 Å². The van der Waals surface area contributed by atoms with Gasteiger partial charge in [-0.15, -0.1) is 0 Å². The normalized spacial score (nSPS) is 12.1. The summed E-state index contributed by atoms with van der Waals surface area (Å²) in [6.45, 7) is 3.97. The van der Waals surface area contributed by atoms with Gasteiger partial charge in [-0.05, 0) is 36.6 Å². The molecule has 1 atom stereocenters. The molecule has 0 aliphatic heterocycles. The lowest BCUT2D eigenvalue weighted by Crippen LogP contribution is -2.42. The molecule has 7 heteroatoms. The molecule has 0 aliphatic carbocycles. The van der Waals surface area contributed by atoms with Crippen molar-refractivity contribution >= 4 is 22.9 Å². The summed E-state index contributed by atoms with van der Waals surface area (Å²) >= 11 is 0. The fraction of sp³-hybridized carbons (Fsp3) is 0.300. The first kappa shape index (κ1) is 18.6. The van der Waals surface area contributed by atoms with Gasteiger partial charge in [-0.25, -0.2) is 9.78 Å². The molecule has 0 aliphatic rings. The fourth-order valence-corrected chi connectivity index (χ4v) is 2.93. The predicted molar refractivity (Wildman–Crippen MR) is 102 cm³/mol. The maximum absolute atomic E-state index is 12.8. The third-order valence-electron chi connectivity index (χ3n) is 4.21. The summed E-state index contributed by atoms with van der Waals surface area (Å²) in [6, 6.07) is 8.31. The van der Waals surface area contributed by atoms with E-state index in [1.807, 2.05) is 32.0 Å². The zero-order valence-electron chi connectivity index (χ0n) is 15.5. The highest BCUT2D eigenvalue weighted by atomic mass is 16.5. The highest BCUT2D eigenvalue weighted by molar-refractivity contribution is 6.06. The van der Waals surface area contributed by atoms with Gasteiger partial charge in [-0.3, -0.25) is 9.78 Å². The van der Waals surface area contributed by atoms with Crippen molar-refractivity contribution in [2.24, 2.45) is 5.92 Å². The number of H-pyrrole nitrogens is 1. The van der Waals surface area contributed by atoms with E-state index in [1.54, 1.807) is 24.5 Å². The summed E-state index contributed by atoms with van der Waals surface area (Å²) in [7, 11) is 1.32. The second kappa shape index (κ2) is 7.99. The van der Waals surface area contributed by atoms with Crippen molar-refractivity contribution in [1.29, 1.82) is 0 Å². The van der Waals surface area contributed by atoms with E-state index in [0.717, 1.165) is 11.1 Å². The number of methoxy groups -OCH3 is 1. The lowest BCUT2D eigenvalue weighted by Gasteiger charge is -2.18. The molecular formula is C20H22N4O3. The Morgan fingerprint density at radius 1 is 1.19 bits per heavy atom. The number of nitrogens with zero attached hydrogens (tertiary/aromatic N) is 2. The number of ether oxygens (including phenoxy) is 1. The van der Waals surface area contributed by atoms with Gasteiger partial charge in [0.1, 0.15) is 17.4 Å². The van der Waals surface area contributed by atoms with Crippen molar-refractivity contribution in [3.05, 3.63) is 48.3 Å². The molecule has 140 valence electrons. The zero-order valence-corrected chi connectivity index (χ0v) is 15.5. The molecule has 0 saturated carbocycles. The van der Waals surface area contributed by atoms with Crippen molar-refractivity contribution in [2.75, 3.05) is 7.11 Å². The second-order valence-corrected chi connectivity index (χ2v) is 6.70. The smallest absolute Gasteiger partial charge is 0.328 e. The molecule has 0 fully saturated rings. The number of aromatic nitrogens is 3. The minimum absolute atomic E-state index is 0.230. The average Bonchev–Trinajstić information content (AvgIpc) is 3.11. The zero-order chi connectivity index (χ0) is 19.4. The number of hydrogen-bond donors (Lipinski definition) is 2. The van der Waals surface area contributed by atoms with Gasteiger partial charge < -0.3 is 15.0 Å². The minimum Gasteiger partial charge on any atom is -0.467 e. The maximum Gasteiger partial charge on any atom is 0.328 e. The Kier molecular flexibility index (Phi) is 5.49. The summed E-state index contributed by atoms with van der Waals surface area (Å²) in [5, 5.41) is 2.78. The van der Waals surface area contributed by atoms with Crippen LogP contribution < -0.4 is 5.32 Å². The number of benzene rings is 1. The van der Waals surface area contributed by atoms with Gasteiger partial charge in [0.25, 0.3) is 5.91 Å². The van der Waals surface area contributed by atoms with E-state index in [0.29, 0.717) is 23.3 Å². The lowest BCUT2D eigenvalue weighted by atomic mass is 10.0. The number of hydrogen-bond acceptors (Lipinski definition) is 5. The van der Waals surface area contributed by atoms with Crippen LogP contribution in [0.15, 0.2) is 42.7 Å². The van der Waals surface area contributed by atoms with Crippen LogP contribution in [-0.4, -0.2) is 40.0 Å². The Balaban J connectivity index is 1.92. The third kappa shape index (κ3) is 4.13. The second-order valence-electron chi connectivity index (χ2n) is 6.70. The lowest BCUT2D eigenvalue weighted by molar-refractivity contribution is -0.143. The Labute approximate surface area is 157 Å². The summed E-state index contributed by atoms with van der Waals surface area (Å²) in [5.41, 5.74) is 2.57. The number of carbonyl (C=O) groups excluding carboxylic acids is 2. The van der Waals surface area contributed by atoms with Gasteiger partial charge >= 0.3 is 5.97 Å². The number of rotatable bonds is 6. The van der Waals surface area contributed by atoms with Gasteiger partial charge in [0.15, 0.2) is 0 Å². The monoisotopic (exact) mass is 366 g/mol. The van der Waals surface area contributed by atoms with Gasteiger partial charge in [-0.2, -0.15) is 0 Å². The Morgan fingerprint density at radius 2 is 1.93 bits per heavy atom. The maximum atomic E-state index is 12.8. The summed E-state index contributed by atoms with van der Waals surface area (Å²) < 4.78 is 4.82. The fourth-order valence-electron chi connectivity index (χ4n) is 2.93. The standard InChI is InChI=1S/C20H22N4O3/c1-12(2)11-16(20(26)27-3)23-19(25)14-5-4-6-15-17(14)24-18(22-15)13-7-9-21-10-8-13/h4-10,12,16H,11H2,1-3H3,(H,22,24)(H,23,25). The Bertz CT molecular complexity index is 950. The molecule has 0 bridgehead atoms. The van der Waals surface area contributed by atoms with Gasteiger partial charge in [0.05, 0.1) is 18.2 Å². The number of carbonyl (C=O) groups is 2. The molecule has 2 N–H and O–H groups in total. The Morgan fingerprint density at radius 3 is 2.59 bits per heavy atom. The first-order chi connectivity index (χ1) is 13.0. The quantitative estimate of drug-likeness (QED) is 0.654. The number of aromatic amines is 1. The molecule has 0 spiro atoms. The summed E-state index contributed by atoms with van der Waals surface area (Å²) in [6.07, 6.45) is 3.86. The highest BCUT2D eigenvalue weighted by Gasteiger charge is 2.24. The molecule has 2 heterocycles. The van der Waals surface area contributed by atoms with Gasteiger partial charge in [0, 0.05) is 18.0 Å². The van der Waals surface area contributed by atoms with Gasteiger partial charge in [-0.1, -0.05) is 19.9 Å². The van der Waals surface area contributed by atoms with E-state index in [2.05, 4.69) is 20.3 Å². The number of pyridine rings is 1. The molecule has 3 aromatic rings. The molecule has 7 nitrogen and oxygen atoms in total. The average molecular weight is 366 g/mol. The van der Waals surface area contributed by atoms with Crippen LogP contribution in [0.3, 0.4) is 0 Å². The van der Waals surface area contributed by atoms with Crippen molar-refractivity contribution in [2.45, 2.75) is 26.3 Å². The van der Waals surface area contributed by atoms with Crippen LogP contribution in [0, 0.1) is 5.92 Å². The van der Waals surface area contributed by atoms with Crippen LogP contribution in [0.4, 0.5) is 0 Å². The van der Waals surface area contributed by atoms with Crippen LogP contribution in [0.5, 0.6) is 0 Å². The van der Waals surface area contributed by atoms with Crippen LogP contribution in [-0.2, 0) is 9.53 Å². The van der Waals surface area contributed by atoms with Crippen LogP contribution >= 0.6 is 0 Å². The molecule has 0 saturated heterocycles. The SMILES string of the molecule is COC(=O)C(CC(C)C)NC(=O)c1cccc2[nH]c(-c3ccncc3)nc12. The first-order valence-corrected chi connectivity index (χ1v) is 8.77. The number of imidazole rings is 1. The predicted octanol–water partition coefficient (Wildman–Crippen LogP) is 2.94. The molecule has 3 rings (SSSR count). The Hall–Kier alpha value is -3.22. The van der Waals surface area contributed by atoms with Crippen molar-refractivity contribution < 1.29 is 14.3 Å². The molecule has 2 aromatic heterocycles. The number of amides is 1. The van der Waals surface area contributed by atoms with Crippen LogP contribution in [0.1, 0.15) is 30.6 Å². The number of para-hydroxylation sites is 1. The molecular weight excluding hydrogens is 344 g/mol. The molecule has 0 radical (unpaired) electrons. The first-order valence-electron chi connectivity index (χ1n) is 8.77. The summed E-state index contributed by atoms with van der Waals surface area (Å²) in [5.74, 6) is 0.0707. The van der Waals surface area contributed by atoms with E-state index < -0.39 is 12.0 Å².